The molecule has 3 amide bonds. The van der Waals surface area contributed by atoms with Gasteiger partial charge >= 0.3 is 11.9 Å². The Morgan fingerprint density at radius 3 is 3.00 bits per heavy atom. The first-order valence-corrected chi connectivity index (χ1v) is 5.07. The second-order valence-electron chi connectivity index (χ2n) is 4.07. The molecule has 3 aliphatic rings. The first-order chi connectivity index (χ1) is 7.65. The topological polar surface area (TPSA) is 90.1 Å². The Hall–Kier alpha value is -1.31. The van der Waals surface area contributed by atoms with Crippen molar-refractivity contribution in [1.82, 2.24) is 4.90 Å². The van der Waals surface area contributed by atoms with E-state index in [0.29, 0.717) is 0 Å². The zero-order valence-electron chi connectivity index (χ0n) is 8.31. The molecule has 16 heavy (non-hydrogen) atoms. The zero-order chi connectivity index (χ0) is 11.4. The first-order valence-electron chi connectivity index (χ1n) is 5.07. The van der Waals surface area contributed by atoms with Crippen molar-refractivity contribution in [3.05, 3.63) is 0 Å². The maximum absolute atomic E-state index is 11.7. The molecule has 4 atom stereocenters. The van der Waals surface area contributed by atoms with Crippen LogP contribution < -0.4 is 0 Å². The number of imide groups is 1. The highest BCUT2D eigenvalue weighted by Gasteiger charge is 2.66. The molecule has 7 heteroatoms. The van der Waals surface area contributed by atoms with Crippen molar-refractivity contribution in [2.45, 2.75) is 30.9 Å². The Balaban J connectivity index is 2.03. The van der Waals surface area contributed by atoms with Gasteiger partial charge in [0.25, 0.3) is 0 Å². The highest BCUT2D eigenvalue weighted by molar-refractivity contribution is 6.03. The molecule has 3 rings (SSSR count). The monoisotopic (exact) mass is 227 g/mol. The molecule has 2 N–H and O–H groups in total. The van der Waals surface area contributed by atoms with Crippen LogP contribution in [0, 0.1) is 0 Å². The summed E-state index contributed by atoms with van der Waals surface area (Å²) in [5, 5.41) is 18.9. The van der Waals surface area contributed by atoms with Crippen LogP contribution in [-0.4, -0.2) is 68.9 Å². The van der Waals surface area contributed by atoms with E-state index >= 15 is 0 Å². The molecule has 0 aliphatic carbocycles. The van der Waals surface area contributed by atoms with E-state index in [9.17, 15) is 14.7 Å². The molecule has 2 unspecified atom stereocenters. The summed E-state index contributed by atoms with van der Waals surface area (Å²) in [6.45, 7) is -0.335. The van der Waals surface area contributed by atoms with Gasteiger partial charge in [-0.15, -0.1) is 4.90 Å². The molecule has 3 aliphatic heterocycles. The largest absolute Gasteiger partial charge is 0.503 e. The molecule has 0 spiro atoms. The van der Waals surface area contributed by atoms with Gasteiger partial charge in [0, 0.05) is 0 Å². The molecule has 0 radical (unpaired) electrons. The second kappa shape index (κ2) is 3.09. The van der Waals surface area contributed by atoms with Gasteiger partial charge in [-0.1, -0.05) is 0 Å². The van der Waals surface area contributed by atoms with Crippen molar-refractivity contribution in [2.24, 2.45) is 0 Å². The van der Waals surface area contributed by atoms with Crippen molar-refractivity contribution in [3.8, 4) is 0 Å². The van der Waals surface area contributed by atoms with Gasteiger partial charge < -0.3 is 14.9 Å². The Morgan fingerprint density at radius 1 is 1.56 bits per heavy atom. The van der Waals surface area contributed by atoms with E-state index in [-0.39, 0.29) is 18.9 Å². The average Bonchev–Trinajstić information content (AvgIpc) is 2.65. The van der Waals surface area contributed by atoms with E-state index in [4.69, 9.17) is 9.84 Å². The normalized spacial score (nSPS) is 41.4. The molecule has 0 aromatic rings. The fourth-order valence-corrected chi connectivity index (χ4v) is 2.48. The SMILES string of the molecule is O=C1CC=[N+]2C(=O)N1C1C(O)[C@H](CO)O[C@@H]12. The van der Waals surface area contributed by atoms with E-state index < -0.39 is 30.5 Å². The molecule has 0 saturated carbocycles. The van der Waals surface area contributed by atoms with E-state index in [1.807, 2.05) is 0 Å². The Bertz CT molecular complexity index is 407. The number of urea groups is 1. The smallest absolute Gasteiger partial charge is 0.394 e. The van der Waals surface area contributed by atoms with Gasteiger partial charge in [0.15, 0.2) is 0 Å². The number of carbonyl (C=O) groups excluding carboxylic acids is 2. The Kier molecular flexibility index (Phi) is 1.91. The molecular weight excluding hydrogens is 216 g/mol. The predicted octanol–water partition coefficient (Wildman–Crippen LogP) is -2.12. The van der Waals surface area contributed by atoms with Crippen molar-refractivity contribution >= 4 is 18.2 Å². The molecule has 2 bridgehead atoms. The molecule has 86 valence electrons. The maximum Gasteiger partial charge on any atom is 0.503 e. The number of aliphatic hydroxyl groups is 2. The number of rotatable bonds is 1. The van der Waals surface area contributed by atoms with Crippen LogP contribution in [-0.2, 0) is 9.53 Å². The van der Waals surface area contributed by atoms with Crippen molar-refractivity contribution < 1.29 is 29.1 Å². The zero-order valence-corrected chi connectivity index (χ0v) is 8.31. The maximum atomic E-state index is 11.7. The molecule has 2 fully saturated rings. The number of hydrogen-bond acceptors (Lipinski definition) is 5. The second-order valence-corrected chi connectivity index (χ2v) is 4.07. The third kappa shape index (κ3) is 0.998. The Morgan fingerprint density at radius 2 is 2.31 bits per heavy atom. The lowest BCUT2D eigenvalue weighted by molar-refractivity contribution is -0.510. The van der Waals surface area contributed by atoms with Crippen LogP contribution in [0.15, 0.2) is 0 Å². The average molecular weight is 227 g/mol. The molecule has 7 nitrogen and oxygen atoms in total. The van der Waals surface area contributed by atoms with E-state index in [1.54, 1.807) is 0 Å². The fourth-order valence-electron chi connectivity index (χ4n) is 2.48. The number of nitrogens with zero attached hydrogens (tertiary/aromatic N) is 2. The molecular formula is C9H11N2O5+. The highest BCUT2D eigenvalue weighted by Crippen LogP contribution is 2.34. The lowest BCUT2D eigenvalue weighted by Crippen LogP contribution is -2.48. The number of fused-ring (bicyclic) bond motifs is 5. The van der Waals surface area contributed by atoms with E-state index in [2.05, 4.69) is 0 Å². The van der Waals surface area contributed by atoms with Crippen molar-refractivity contribution in [1.29, 1.82) is 0 Å². The molecule has 2 saturated heterocycles. The summed E-state index contributed by atoms with van der Waals surface area (Å²) in [7, 11) is 0. The predicted molar refractivity (Wildman–Crippen MR) is 48.7 cm³/mol. The lowest BCUT2D eigenvalue weighted by atomic mass is 10.1. The summed E-state index contributed by atoms with van der Waals surface area (Å²) in [6, 6.07) is -1.16. The third-order valence-electron chi connectivity index (χ3n) is 3.25. The van der Waals surface area contributed by atoms with Crippen molar-refractivity contribution in [3.63, 3.8) is 0 Å². The number of aliphatic hydroxyl groups excluding tert-OH is 2. The molecule has 0 aromatic carbocycles. The van der Waals surface area contributed by atoms with Crippen LogP contribution in [0.3, 0.4) is 0 Å². The van der Waals surface area contributed by atoms with Gasteiger partial charge in [-0.25, -0.2) is 4.79 Å². The van der Waals surface area contributed by atoms with Crippen molar-refractivity contribution in [2.75, 3.05) is 6.61 Å². The van der Waals surface area contributed by atoms with Crippen LogP contribution in [0.2, 0.25) is 0 Å². The van der Waals surface area contributed by atoms with Gasteiger partial charge in [0.1, 0.15) is 18.6 Å². The number of hydrogen-bond donors (Lipinski definition) is 2. The lowest BCUT2D eigenvalue weighted by Gasteiger charge is -2.17. The highest BCUT2D eigenvalue weighted by atomic mass is 16.6. The number of carbonyl (C=O) groups is 2. The van der Waals surface area contributed by atoms with Crippen LogP contribution in [0.5, 0.6) is 0 Å². The quantitative estimate of drug-likeness (QED) is 0.500. The summed E-state index contributed by atoms with van der Waals surface area (Å²) >= 11 is 0. The van der Waals surface area contributed by atoms with Crippen LogP contribution >= 0.6 is 0 Å². The minimum absolute atomic E-state index is 0.138. The van der Waals surface area contributed by atoms with Crippen LogP contribution in [0.1, 0.15) is 6.42 Å². The number of amides is 3. The van der Waals surface area contributed by atoms with Crippen LogP contribution in [0.25, 0.3) is 0 Å². The van der Waals surface area contributed by atoms with Gasteiger partial charge in [-0.3, -0.25) is 0 Å². The summed E-state index contributed by atoms with van der Waals surface area (Å²) in [6.07, 6.45) is -0.824. The van der Waals surface area contributed by atoms with E-state index in [1.165, 1.54) is 10.8 Å². The van der Waals surface area contributed by atoms with Crippen LogP contribution in [0.4, 0.5) is 4.79 Å². The van der Waals surface area contributed by atoms with Gasteiger partial charge in [0.05, 0.1) is 12.8 Å². The summed E-state index contributed by atoms with van der Waals surface area (Å²) < 4.78 is 6.67. The van der Waals surface area contributed by atoms with Gasteiger partial charge in [-0.05, 0) is 0 Å². The fraction of sp³-hybridized carbons (Fsp3) is 0.667. The van der Waals surface area contributed by atoms with Gasteiger partial charge in [0.2, 0.25) is 12.3 Å². The number of ether oxygens (including phenoxy) is 1. The summed E-state index contributed by atoms with van der Waals surface area (Å²) in [5.41, 5.74) is 0. The minimum atomic E-state index is -1.03. The molecule has 3 heterocycles. The minimum Gasteiger partial charge on any atom is -0.394 e. The first kappa shape index (κ1) is 9.88. The Labute approximate surface area is 90.5 Å². The summed E-state index contributed by atoms with van der Waals surface area (Å²) in [5.74, 6) is -0.338. The third-order valence-corrected chi connectivity index (χ3v) is 3.25. The standard InChI is InChI=1S/C9H11N2O5/c12-3-4-7(14)6-8(16-4)10-2-1-5(13)11(6)9(10)15/h2,4,6-8,12,14H,1,3H2/q+1/t4-,6?,7?,8-/m0/s1. The van der Waals surface area contributed by atoms with E-state index in [0.717, 1.165) is 4.90 Å². The molecule has 0 aromatic heterocycles. The summed E-state index contributed by atoms with van der Waals surface area (Å²) in [4.78, 5) is 24.3. The van der Waals surface area contributed by atoms with Gasteiger partial charge in [-0.2, -0.15) is 9.37 Å².